The van der Waals surface area contributed by atoms with Gasteiger partial charge in [-0.2, -0.15) is 0 Å². The number of carbonyl (C=O) groups is 1. The van der Waals surface area contributed by atoms with Crippen molar-refractivity contribution in [2.75, 3.05) is 18.8 Å². The first-order chi connectivity index (χ1) is 8.89. The molecule has 1 amide bonds. The summed E-state index contributed by atoms with van der Waals surface area (Å²) in [7, 11) is -3.49. The van der Waals surface area contributed by atoms with E-state index >= 15 is 0 Å². The Morgan fingerprint density at radius 1 is 1.20 bits per heavy atom. The maximum absolute atomic E-state index is 11.9. The van der Waals surface area contributed by atoms with Crippen molar-refractivity contribution in [3.63, 3.8) is 0 Å². The molecule has 1 saturated carbocycles. The standard InChI is InChI=1S/C12H25N3O3S.ClH/c1-3-15(4-2)19(17,18)9-12(16)14-11-7-5-10(13)6-8-11;/h10-11H,3-9,13H2,1-2H3,(H,14,16);1H. The third-order valence-electron chi connectivity index (χ3n) is 3.55. The Morgan fingerprint density at radius 3 is 2.15 bits per heavy atom. The smallest absolute Gasteiger partial charge is 0.236 e. The molecular weight excluding hydrogens is 302 g/mol. The molecule has 0 saturated heterocycles. The predicted octanol–water partition coefficient (Wildman–Crippen LogP) is 0.466. The first-order valence-electron chi connectivity index (χ1n) is 6.91. The SMILES string of the molecule is CCN(CC)S(=O)(=O)CC(=O)NC1CCC(N)CC1.Cl. The lowest BCUT2D eigenvalue weighted by atomic mass is 9.92. The van der Waals surface area contributed by atoms with E-state index in [9.17, 15) is 13.2 Å². The Hall–Kier alpha value is -0.370. The maximum atomic E-state index is 11.9. The van der Waals surface area contributed by atoms with Crippen molar-refractivity contribution in [2.45, 2.75) is 51.6 Å². The van der Waals surface area contributed by atoms with Crippen LogP contribution in [0, 0.1) is 0 Å². The van der Waals surface area contributed by atoms with Gasteiger partial charge in [0.1, 0.15) is 5.75 Å². The van der Waals surface area contributed by atoms with E-state index in [0.717, 1.165) is 25.7 Å². The lowest BCUT2D eigenvalue weighted by molar-refractivity contribution is -0.119. The van der Waals surface area contributed by atoms with E-state index in [2.05, 4.69) is 5.32 Å². The summed E-state index contributed by atoms with van der Waals surface area (Å²) in [4.78, 5) is 11.8. The minimum atomic E-state index is -3.49. The number of hydrogen-bond donors (Lipinski definition) is 2. The van der Waals surface area contributed by atoms with Crippen LogP contribution in [0.4, 0.5) is 0 Å². The highest BCUT2D eigenvalue weighted by Gasteiger charge is 2.25. The molecule has 6 nitrogen and oxygen atoms in total. The molecule has 1 aliphatic rings. The van der Waals surface area contributed by atoms with Crippen LogP contribution in [-0.2, 0) is 14.8 Å². The molecule has 0 aromatic heterocycles. The van der Waals surface area contributed by atoms with Crippen LogP contribution in [0.5, 0.6) is 0 Å². The van der Waals surface area contributed by atoms with Crippen molar-refractivity contribution >= 4 is 28.3 Å². The molecule has 1 aliphatic carbocycles. The van der Waals surface area contributed by atoms with Gasteiger partial charge in [-0.1, -0.05) is 13.8 Å². The van der Waals surface area contributed by atoms with E-state index in [1.807, 2.05) is 0 Å². The van der Waals surface area contributed by atoms with E-state index in [1.54, 1.807) is 13.8 Å². The Morgan fingerprint density at radius 2 is 1.70 bits per heavy atom. The molecule has 1 fully saturated rings. The Kier molecular flexibility index (Phi) is 8.65. The van der Waals surface area contributed by atoms with Crippen molar-refractivity contribution in [3.8, 4) is 0 Å². The van der Waals surface area contributed by atoms with Crippen LogP contribution in [0.25, 0.3) is 0 Å². The Bertz CT molecular complexity index is 391. The minimum Gasteiger partial charge on any atom is -0.352 e. The summed E-state index contributed by atoms with van der Waals surface area (Å²) in [5.74, 6) is -0.871. The first kappa shape index (κ1) is 19.6. The second-order valence-corrected chi connectivity index (χ2v) is 6.99. The molecule has 3 N–H and O–H groups in total. The van der Waals surface area contributed by atoms with Gasteiger partial charge in [0, 0.05) is 25.2 Å². The highest BCUT2D eigenvalue weighted by atomic mass is 35.5. The first-order valence-corrected chi connectivity index (χ1v) is 8.52. The molecule has 120 valence electrons. The van der Waals surface area contributed by atoms with Gasteiger partial charge >= 0.3 is 0 Å². The molecule has 1 rings (SSSR count). The summed E-state index contributed by atoms with van der Waals surface area (Å²) >= 11 is 0. The fourth-order valence-corrected chi connectivity index (χ4v) is 3.79. The fraction of sp³-hybridized carbons (Fsp3) is 0.917. The van der Waals surface area contributed by atoms with Gasteiger partial charge < -0.3 is 11.1 Å². The highest BCUT2D eigenvalue weighted by molar-refractivity contribution is 7.89. The average Bonchev–Trinajstić information content (AvgIpc) is 2.32. The third kappa shape index (κ3) is 5.95. The number of halogens is 1. The summed E-state index contributed by atoms with van der Waals surface area (Å²) in [5, 5.41) is 2.80. The number of carbonyl (C=O) groups excluding carboxylic acids is 1. The van der Waals surface area contributed by atoms with Crippen LogP contribution in [0.15, 0.2) is 0 Å². The van der Waals surface area contributed by atoms with Crippen LogP contribution < -0.4 is 11.1 Å². The maximum Gasteiger partial charge on any atom is 0.236 e. The zero-order valence-corrected chi connectivity index (χ0v) is 13.8. The van der Waals surface area contributed by atoms with Gasteiger partial charge in [-0.25, -0.2) is 12.7 Å². The monoisotopic (exact) mass is 327 g/mol. The molecule has 0 bridgehead atoms. The second-order valence-electron chi connectivity index (χ2n) is 5.02. The number of hydrogen-bond acceptors (Lipinski definition) is 4. The van der Waals surface area contributed by atoms with Crippen molar-refractivity contribution in [2.24, 2.45) is 5.73 Å². The molecule has 0 heterocycles. The van der Waals surface area contributed by atoms with Gasteiger partial charge in [0.15, 0.2) is 0 Å². The minimum absolute atomic E-state index is 0. The molecule has 0 radical (unpaired) electrons. The fourth-order valence-electron chi connectivity index (χ4n) is 2.41. The molecule has 0 spiro atoms. The predicted molar refractivity (Wildman–Crippen MR) is 82.3 cm³/mol. The lowest BCUT2D eigenvalue weighted by Crippen LogP contribution is -2.45. The van der Waals surface area contributed by atoms with Crippen molar-refractivity contribution in [1.29, 1.82) is 0 Å². The number of nitrogens with two attached hydrogens (primary N) is 1. The Balaban J connectivity index is 0.00000361. The number of nitrogens with one attached hydrogen (secondary N) is 1. The zero-order chi connectivity index (χ0) is 14.5. The normalized spacial score (nSPS) is 23.2. The van der Waals surface area contributed by atoms with E-state index in [-0.39, 0.29) is 24.5 Å². The van der Waals surface area contributed by atoms with Gasteiger partial charge in [0.05, 0.1) is 0 Å². The van der Waals surface area contributed by atoms with Crippen molar-refractivity contribution in [1.82, 2.24) is 9.62 Å². The van der Waals surface area contributed by atoms with Crippen LogP contribution >= 0.6 is 12.4 Å². The van der Waals surface area contributed by atoms with Gasteiger partial charge in [-0.05, 0) is 25.7 Å². The largest absolute Gasteiger partial charge is 0.352 e. The zero-order valence-electron chi connectivity index (χ0n) is 12.2. The molecule has 0 aromatic carbocycles. The van der Waals surface area contributed by atoms with Crippen LogP contribution in [0.1, 0.15) is 39.5 Å². The van der Waals surface area contributed by atoms with E-state index in [4.69, 9.17) is 5.73 Å². The molecular formula is C12H26ClN3O3S. The molecule has 0 atom stereocenters. The second kappa shape index (κ2) is 8.81. The summed E-state index contributed by atoms with van der Waals surface area (Å²) in [6, 6.07) is 0.284. The summed E-state index contributed by atoms with van der Waals surface area (Å²) in [6.45, 7) is 4.32. The summed E-state index contributed by atoms with van der Waals surface area (Å²) < 4.78 is 25.2. The van der Waals surface area contributed by atoms with Crippen LogP contribution in [0.2, 0.25) is 0 Å². The number of amides is 1. The van der Waals surface area contributed by atoms with E-state index in [1.165, 1.54) is 4.31 Å². The van der Waals surface area contributed by atoms with E-state index < -0.39 is 21.7 Å². The number of nitrogens with zero attached hydrogens (tertiary/aromatic N) is 1. The molecule has 0 aliphatic heterocycles. The highest BCUT2D eigenvalue weighted by Crippen LogP contribution is 2.16. The number of sulfonamides is 1. The average molecular weight is 328 g/mol. The van der Waals surface area contributed by atoms with Crippen molar-refractivity contribution in [3.05, 3.63) is 0 Å². The Labute approximate surface area is 127 Å². The topological polar surface area (TPSA) is 92.5 Å². The molecule has 8 heteroatoms. The molecule has 0 aromatic rings. The van der Waals surface area contributed by atoms with Crippen molar-refractivity contribution < 1.29 is 13.2 Å². The summed E-state index contributed by atoms with van der Waals surface area (Å²) in [5.41, 5.74) is 5.79. The van der Waals surface area contributed by atoms with E-state index in [0.29, 0.717) is 13.1 Å². The van der Waals surface area contributed by atoms with Gasteiger partial charge in [0.2, 0.25) is 15.9 Å². The third-order valence-corrected chi connectivity index (χ3v) is 5.48. The van der Waals surface area contributed by atoms with Crippen LogP contribution in [-0.4, -0.2) is 49.6 Å². The number of rotatable bonds is 6. The van der Waals surface area contributed by atoms with Crippen LogP contribution in [0.3, 0.4) is 0 Å². The lowest BCUT2D eigenvalue weighted by Gasteiger charge is -2.27. The molecule has 20 heavy (non-hydrogen) atoms. The summed E-state index contributed by atoms with van der Waals surface area (Å²) in [6.07, 6.45) is 3.43. The van der Waals surface area contributed by atoms with Gasteiger partial charge in [0.25, 0.3) is 0 Å². The quantitative estimate of drug-likeness (QED) is 0.741. The van der Waals surface area contributed by atoms with Gasteiger partial charge in [-0.3, -0.25) is 4.79 Å². The molecule has 0 unspecified atom stereocenters. The van der Waals surface area contributed by atoms with Gasteiger partial charge in [-0.15, -0.1) is 12.4 Å².